The molecule has 0 unspecified atom stereocenters. The number of nitrogens with one attached hydrogen (secondary N) is 1. The molecule has 0 fully saturated rings. The Morgan fingerprint density at radius 3 is 2.48 bits per heavy atom. The van der Waals surface area contributed by atoms with Crippen LogP contribution in [0, 0.1) is 6.92 Å². The van der Waals surface area contributed by atoms with E-state index in [4.69, 9.17) is 5.11 Å². The van der Waals surface area contributed by atoms with Gasteiger partial charge in [0.25, 0.3) is 0 Å². The summed E-state index contributed by atoms with van der Waals surface area (Å²) in [7, 11) is 0. The maximum atomic E-state index is 10.7. The normalized spacial score (nSPS) is 10.6. The van der Waals surface area contributed by atoms with Gasteiger partial charge in [-0.2, -0.15) is 0 Å². The van der Waals surface area contributed by atoms with Gasteiger partial charge in [-0.05, 0) is 55.2 Å². The Morgan fingerprint density at radius 2 is 1.80 bits per heavy atom. The molecule has 2 aromatic heterocycles. The van der Waals surface area contributed by atoms with Crippen LogP contribution >= 0.6 is 11.3 Å². The molecule has 0 radical (unpaired) electrons. The van der Waals surface area contributed by atoms with Crippen LogP contribution in [0.2, 0.25) is 0 Å². The number of aliphatic carboxylic acids is 1. The summed E-state index contributed by atoms with van der Waals surface area (Å²) in [6.45, 7) is 1.91. The monoisotopic (exact) mass is 353 g/mol. The third kappa shape index (κ3) is 4.87. The average molecular weight is 353 g/mol. The fraction of sp³-hybridized carbons (Fsp3) is 0.211. The number of hydrogen-bond acceptors (Lipinski definition) is 5. The first-order valence-corrected chi connectivity index (χ1v) is 8.85. The molecule has 0 saturated carbocycles. The van der Waals surface area contributed by atoms with E-state index in [1.165, 1.54) is 22.5 Å². The minimum atomic E-state index is -0.785. The van der Waals surface area contributed by atoms with Gasteiger partial charge in [0.05, 0.1) is 12.1 Å². The van der Waals surface area contributed by atoms with E-state index in [1.54, 1.807) is 12.4 Å². The lowest BCUT2D eigenvalue weighted by molar-refractivity contribution is -0.136. The van der Waals surface area contributed by atoms with E-state index >= 15 is 0 Å². The zero-order chi connectivity index (χ0) is 17.6. The van der Waals surface area contributed by atoms with E-state index in [1.807, 2.05) is 31.2 Å². The molecule has 3 rings (SSSR count). The molecule has 2 N–H and O–H groups in total. The maximum absolute atomic E-state index is 10.7. The second kappa shape index (κ2) is 7.90. The highest BCUT2D eigenvalue weighted by atomic mass is 32.1. The minimum Gasteiger partial charge on any atom is -0.481 e. The third-order valence-electron chi connectivity index (χ3n) is 3.82. The molecule has 0 bridgehead atoms. The molecule has 3 aromatic rings. The van der Waals surface area contributed by atoms with Crippen LogP contribution in [0.15, 0.2) is 48.8 Å². The van der Waals surface area contributed by atoms with E-state index in [-0.39, 0.29) is 6.42 Å². The number of hydrogen-bond donors (Lipinski definition) is 2. The summed E-state index contributed by atoms with van der Waals surface area (Å²) in [5, 5.41) is 12.9. The fourth-order valence-electron chi connectivity index (χ4n) is 2.50. The number of carboxylic acid groups (broad SMARTS) is 1. The van der Waals surface area contributed by atoms with Gasteiger partial charge in [0.1, 0.15) is 0 Å². The molecule has 0 aliphatic rings. The van der Waals surface area contributed by atoms with Crippen molar-refractivity contribution in [2.24, 2.45) is 0 Å². The molecule has 1 aromatic carbocycles. The predicted octanol–water partition coefficient (Wildman–Crippen LogP) is 4.20. The smallest absolute Gasteiger partial charge is 0.303 e. The average Bonchev–Trinajstić information content (AvgIpc) is 2.95. The topological polar surface area (TPSA) is 75.1 Å². The molecule has 0 amide bonds. The van der Waals surface area contributed by atoms with Gasteiger partial charge in [0.15, 0.2) is 5.13 Å². The van der Waals surface area contributed by atoms with Crippen LogP contribution in [0.3, 0.4) is 0 Å². The van der Waals surface area contributed by atoms with Crippen molar-refractivity contribution >= 4 is 28.1 Å². The lowest BCUT2D eigenvalue weighted by Crippen LogP contribution is -1.96. The van der Waals surface area contributed by atoms with Crippen LogP contribution in [0.25, 0.3) is 0 Å². The SMILES string of the molecule is Cc1nc(Nc2ccc(Cc3ccncc3)cc2)sc1CCC(=O)O. The predicted molar refractivity (Wildman–Crippen MR) is 99.6 cm³/mol. The van der Waals surface area contributed by atoms with Gasteiger partial charge in [-0.3, -0.25) is 9.78 Å². The van der Waals surface area contributed by atoms with E-state index in [0.717, 1.165) is 27.8 Å². The zero-order valence-corrected chi connectivity index (χ0v) is 14.7. The van der Waals surface area contributed by atoms with Crippen molar-refractivity contribution in [3.05, 3.63) is 70.5 Å². The first-order valence-electron chi connectivity index (χ1n) is 8.03. The summed E-state index contributed by atoms with van der Waals surface area (Å²) in [6, 6.07) is 12.3. The summed E-state index contributed by atoms with van der Waals surface area (Å²) >= 11 is 1.51. The summed E-state index contributed by atoms with van der Waals surface area (Å²) in [6.07, 6.45) is 5.13. The lowest BCUT2D eigenvalue weighted by atomic mass is 10.1. The first kappa shape index (κ1) is 17.1. The van der Waals surface area contributed by atoms with Crippen molar-refractivity contribution < 1.29 is 9.90 Å². The zero-order valence-electron chi connectivity index (χ0n) is 13.9. The number of carboxylic acids is 1. The van der Waals surface area contributed by atoms with Crippen LogP contribution < -0.4 is 5.32 Å². The highest BCUT2D eigenvalue weighted by Crippen LogP contribution is 2.27. The number of pyridine rings is 1. The molecule has 0 atom stereocenters. The Morgan fingerprint density at radius 1 is 1.12 bits per heavy atom. The highest BCUT2D eigenvalue weighted by Gasteiger charge is 2.09. The summed E-state index contributed by atoms with van der Waals surface area (Å²) < 4.78 is 0. The van der Waals surface area contributed by atoms with Crippen molar-refractivity contribution in [1.29, 1.82) is 0 Å². The molecular weight excluding hydrogens is 334 g/mol. The van der Waals surface area contributed by atoms with Crippen molar-refractivity contribution in [2.45, 2.75) is 26.2 Å². The standard InChI is InChI=1S/C19H19N3O2S/c1-13-17(6-7-18(23)24)25-19(21-13)22-16-4-2-14(3-5-16)12-15-8-10-20-11-9-15/h2-5,8-11H,6-7,12H2,1H3,(H,21,22)(H,23,24). The van der Waals surface area contributed by atoms with Crippen LogP contribution in [0.1, 0.15) is 28.1 Å². The van der Waals surface area contributed by atoms with Gasteiger partial charge in [0, 0.05) is 23.0 Å². The highest BCUT2D eigenvalue weighted by molar-refractivity contribution is 7.15. The molecule has 5 nitrogen and oxygen atoms in total. The van der Waals surface area contributed by atoms with E-state index in [2.05, 4.69) is 27.4 Å². The molecule has 128 valence electrons. The maximum Gasteiger partial charge on any atom is 0.303 e. The number of aromatic nitrogens is 2. The number of nitrogens with zero attached hydrogens (tertiary/aromatic N) is 2. The van der Waals surface area contributed by atoms with Crippen LogP contribution in [-0.2, 0) is 17.6 Å². The summed E-state index contributed by atoms with van der Waals surface area (Å²) in [4.78, 5) is 20.2. The number of anilines is 2. The Labute approximate surface area is 150 Å². The van der Waals surface area contributed by atoms with Crippen molar-refractivity contribution in [3.63, 3.8) is 0 Å². The van der Waals surface area contributed by atoms with Crippen LogP contribution in [0.4, 0.5) is 10.8 Å². The minimum absolute atomic E-state index is 0.131. The number of carbonyl (C=O) groups is 1. The molecule has 0 saturated heterocycles. The Hall–Kier alpha value is -2.73. The van der Waals surface area contributed by atoms with Crippen LogP contribution in [0.5, 0.6) is 0 Å². The van der Waals surface area contributed by atoms with Gasteiger partial charge in [-0.15, -0.1) is 11.3 Å². The second-order valence-electron chi connectivity index (χ2n) is 5.78. The van der Waals surface area contributed by atoms with E-state index in [0.29, 0.717) is 6.42 Å². The Kier molecular flexibility index (Phi) is 5.40. The molecular formula is C19H19N3O2S. The molecule has 2 heterocycles. The Bertz CT molecular complexity index is 845. The number of rotatable bonds is 7. The van der Waals surface area contributed by atoms with Crippen molar-refractivity contribution in [2.75, 3.05) is 5.32 Å². The largest absolute Gasteiger partial charge is 0.481 e. The molecule has 6 heteroatoms. The molecule has 0 aliphatic heterocycles. The van der Waals surface area contributed by atoms with Gasteiger partial charge >= 0.3 is 5.97 Å². The summed E-state index contributed by atoms with van der Waals surface area (Å²) in [5.74, 6) is -0.785. The molecule has 0 aliphatic carbocycles. The van der Waals surface area contributed by atoms with Gasteiger partial charge < -0.3 is 10.4 Å². The van der Waals surface area contributed by atoms with E-state index in [9.17, 15) is 4.79 Å². The summed E-state index contributed by atoms with van der Waals surface area (Å²) in [5.41, 5.74) is 4.32. The quantitative estimate of drug-likeness (QED) is 0.666. The van der Waals surface area contributed by atoms with Gasteiger partial charge in [-0.1, -0.05) is 12.1 Å². The third-order valence-corrected chi connectivity index (χ3v) is 4.95. The lowest BCUT2D eigenvalue weighted by Gasteiger charge is -2.05. The molecule has 0 spiro atoms. The second-order valence-corrected chi connectivity index (χ2v) is 6.86. The Balaban J connectivity index is 1.63. The molecule has 25 heavy (non-hydrogen) atoms. The number of thiazole rings is 1. The van der Waals surface area contributed by atoms with Gasteiger partial charge in [0.2, 0.25) is 0 Å². The number of benzene rings is 1. The van der Waals surface area contributed by atoms with Gasteiger partial charge in [-0.25, -0.2) is 4.98 Å². The van der Waals surface area contributed by atoms with Crippen molar-refractivity contribution in [3.8, 4) is 0 Å². The fourth-order valence-corrected chi connectivity index (χ4v) is 3.48. The van der Waals surface area contributed by atoms with E-state index < -0.39 is 5.97 Å². The first-order chi connectivity index (χ1) is 12.1. The van der Waals surface area contributed by atoms with Crippen molar-refractivity contribution in [1.82, 2.24) is 9.97 Å². The van der Waals surface area contributed by atoms with Crippen LogP contribution in [-0.4, -0.2) is 21.0 Å². The number of aryl methyl sites for hydroxylation is 2.